The third-order valence-electron chi connectivity index (χ3n) is 1.52. The fraction of sp³-hybridized carbons (Fsp3) is 0.250. The fourth-order valence-electron chi connectivity index (χ4n) is 0.781. The van der Waals surface area contributed by atoms with Crippen molar-refractivity contribution in [3.63, 3.8) is 0 Å². The number of anilines is 1. The smallest absolute Gasteiger partial charge is 0.232 e. The van der Waals surface area contributed by atoms with Gasteiger partial charge in [-0.3, -0.25) is 4.72 Å². The number of phenolic OH excluding ortho intramolecular Hbond substituents is 1. The molecule has 0 fully saturated rings. The highest BCUT2D eigenvalue weighted by atomic mass is 35.5. The molecule has 0 heterocycles. The molecule has 6 heteroatoms. The molecule has 0 aliphatic heterocycles. The summed E-state index contributed by atoms with van der Waals surface area (Å²) >= 11 is 0. The number of rotatable bonds is 3. The van der Waals surface area contributed by atoms with Gasteiger partial charge in [-0.2, -0.15) is 0 Å². The Bertz CT molecular complexity index is 374. The second kappa shape index (κ2) is 5.07. The van der Waals surface area contributed by atoms with E-state index < -0.39 is 10.0 Å². The van der Waals surface area contributed by atoms with E-state index in [2.05, 4.69) is 4.72 Å². The lowest BCUT2D eigenvalue weighted by atomic mass is 10.3. The summed E-state index contributed by atoms with van der Waals surface area (Å²) in [5, 5.41) is 8.93. The third-order valence-corrected chi connectivity index (χ3v) is 2.83. The molecule has 0 saturated heterocycles. The van der Waals surface area contributed by atoms with Gasteiger partial charge in [0, 0.05) is 5.69 Å². The number of phenols is 1. The largest absolute Gasteiger partial charge is 0.508 e. The molecule has 14 heavy (non-hydrogen) atoms. The molecule has 4 nitrogen and oxygen atoms in total. The Morgan fingerprint density at radius 3 is 2.21 bits per heavy atom. The first-order valence-corrected chi connectivity index (χ1v) is 5.48. The van der Waals surface area contributed by atoms with Crippen LogP contribution in [0.1, 0.15) is 6.92 Å². The van der Waals surface area contributed by atoms with Crippen molar-refractivity contribution in [1.29, 1.82) is 0 Å². The van der Waals surface area contributed by atoms with Gasteiger partial charge in [0.25, 0.3) is 0 Å². The van der Waals surface area contributed by atoms with Crippen molar-refractivity contribution in [2.45, 2.75) is 6.92 Å². The first-order valence-electron chi connectivity index (χ1n) is 3.83. The zero-order chi connectivity index (χ0) is 9.90. The molecule has 1 aromatic rings. The van der Waals surface area contributed by atoms with Crippen LogP contribution >= 0.6 is 12.4 Å². The highest BCUT2D eigenvalue weighted by Gasteiger charge is 2.05. The van der Waals surface area contributed by atoms with Crippen LogP contribution in [-0.4, -0.2) is 19.3 Å². The molecule has 0 saturated carbocycles. The molecular formula is C8H12ClNO3S. The highest BCUT2D eigenvalue weighted by Crippen LogP contribution is 2.14. The van der Waals surface area contributed by atoms with Crippen molar-refractivity contribution in [2.24, 2.45) is 0 Å². The maximum Gasteiger partial charge on any atom is 0.232 e. The standard InChI is InChI=1S/C8H11NO3S.ClH/c1-2-13(11,12)9-7-3-5-8(10)6-4-7;/h3-6,9-10H,2H2,1H3;1H. The van der Waals surface area contributed by atoms with Crippen LogP contribution in [0.2, 0.25) is 0 Å². The summed E-state index contributed by atoms with van der Waals surface area (Å²) in [7, 11) is -3.22. The van der Waals surface area contributed by atoms with Crippen molar-refractivity contribution in [1.82, 2.24) is 0 Å². The maximum atomic E-state index is 11.1. The van der Waals surface area contributed by atoms with Gasteiger partial charge < -0.3 is 5.11 Å². The van der Waals surface area contributed by atoms with E-state index in [1.54, 1.807) is 6.92 Å². The second-order valence-electron chi connectivity index (χ2n) is 2.55. The van der Waals surface area contributed by atoms with E-state index in [-0.39, 0.29) is 23.9 Å². The quantitative estimate of drug-likeness (QED) is 0.785. The van der Waals surface area contributed by atoms with Crippen molar-refractivity contribution >= 4 is 28.1 Å². The van der Waals surface area contributed by atoms with E-state index in [9.17, 15) is 8.42 Å². The first kappa shape index (κ1) is 13.1. The predicted octanol–water partition coefficient (Wildman–Crippen LogP) is 1.58. The van der Waals surface area contributed by atoms with Crippen LogP contribution in [0.25, 0.3) is 0 Å². The summed E-state index contributed by atoms with van der Waals surface area (Å²) in [6.07, 6.45) is 0. The van der Waals surface area contributed by atoms with Crippen molar-refractivity contribution in [2.75, 3.05) is 10.5 Å². The number of halogens is 1. The van der Waals surface area contributed by atoms with Crippen LogP contribution in [0.3, 0.4) is 0 Å². The topological polar surface area (TPSA) is 66.4 Å². The molecule has 0 atom stereocenters. The molecule has 0 amide bonds. The molecule has 1 rings (SSSR count). The monoisotopic (exact) mass is 237 g/mol. The molecule has 0 unspecified atom stereocenters. The number of aromatic hydroxyl groups is 1. The second-order valence-corrected chi connectivity index (χ2v) is 4.56. The van der Waals surface area contributed by atoms with Gasteiger partial charge in [0.15, 0.2) is 0 Å². The molecule has 2 N–H and O–H groups in total. The maximum absolute atomic E-state index is 11.1. The molecule has 0 aromatic heterocycles. The summed E-state index contributed by atoms with van der Waals surface area (Å²) in [5.74, 6) is 0.146. The van der Waals surface area contributed by atoms with E-state index in [0.29, 0.717) is 5.69 Å². The average Bonchev–Trinajstić information content (AvgIpc) is 2.09. The molecule has 80 valence electrons. The Hall–Kier alpha value is -0.940. The molecule has 1 aromatic carbocycles. The number of benzene rings is 1. The number of hydrogen-bond acceptors (Lipinski definition) is 3. The third kappa shape index (κ3) is 3.85. The van der Waals surface area contributed by atoms with Gasteiger partial charge in [-0.15, -0.1) is 12.4 Å². The van der Waals surface area contributed by atoms with E-state index >= 15 is 0 Å². The van der Waals surface area contributed by atoms with E-state index in [1.165, 1.54) is 24.3 Å². The minimum Gasteiger partial charge on any atom is -0.508 e. The predicted molar refractivity (Wildman–Crippen MR) is 58.4 cm³/mol. The SMILES string of the molecule is CCS(=O)(=O)Nc1ccc(O)cc1.Cl. The molecular weight excluding hydrogens is 226 g/mol. The van der Waals surface area contributed by atoms with E-state index in [4.69, 9.17) is 5.11 Å². The van der Waals surface area contributed by atoms with Crippen molar-refractivity contribution < 1.29 is 13.5 Å². The zero-order valence-corrected chi connectivity index (χ0v) is 9.23. The van der Waals surface area contributed by atoms with Crippen LogP contribution in [0.5, 0.6) is 5.75 Å². The minimum atomic E-state index is -3.22. The van der Waals surface area contributed by atoms with E-state index in [1.807, 2.05) is 0 Å². The van der Waals surface area contributed by atoms with Crippen LogP contribution in [-0.2, 0) is 10.0 Å². The Kier molecular flexibility index (Phi) is 4.73. The van der Waals surface area contributed by atoms with Gasteiger partial charge in [0.05, 0.1) is 5.75 Å². The highest BCUT2D eigenvalue weighted by molar-refractivity contribution is 7.92. The van der Waals surface area contributed by atoms with Crippen molar-refractivity contribution in [3.8, 4) is 5.75 Å². The van der Waals surface area contributed by atoms with Gasteiger partial charge in [0.2, 0.25) is 10.0 Å². The van der Waals surface area contributed by atoms with Gasteiger partial charge >= 0.3 is 0 Å². The Morgan fingerprint density at radius 2 is 1.79 bits per heavy atom. The normalized spacial score (nSPS) is 10.4. The summed E-state index contributed by atoms with van der Waals surface area (Å²) in [6.45, 7) is 1.56. The summed E-state index contributed by atoms with van der Waals surface area (Å²) in [5.41, 5.74) is 0.458. The first-order chi connectivity index (χ1) is 6.03. The Morgan fingerprint density at radius 1 is 1.29 bits per heavy atom. The molecule has 0 spiro atoms. The molecule has 0 bridgehead atoms. The minimum absolute atomic E-state index is 0. The Balaban J connectivity index is 0.00000169. The van der Waals surface area contributed by atoms with E-state index in [0.717, 1.165) is 0 Å². The lowest BCUT2D eigenvalue weighted by molar-refractivity contribution is 0.475. The lowest BCUT2D eigenvalue weighted by Gasteiger charge is -2.04. The number of hydrogen-bond donors (Lipinski definition) is 2. The number of sulfonamides is 1. The van der Waals surface area contributed by atoms with Crippen LogP contribution in [0.4, 0.5) is 5.69 Å². The van der Waals surface area contributed by atoms with Crippen LogP contribution < -0.4 is 4.72 Å². The number of nitrogens with one attached hydrogen (secondary N) is 1. The Labute approximate surface area is 89.4 Å². The average molecular weight is 238 g/mol. The zero-order valence-electron chi connectivity index (χ0n) is 7.60. The van der Waals surface area contributed by atoms with Gasteiger partial charge in [-0.1, -0.05) is 0 Å². The molecule has 0 aliphatic carbocycles. The lowest BCUT2D eigenvalue weighted by Crippen LogP contribution is -2.14. The van der Waals surface area contributed by atoms with Gasteiger partial charge in [-0.25, -0.2) is 8.42 Å². The summed E-state index contributed by atoms with van der Waals surface area (Å²) < 4.78 is 24.5. The summed E-state index contributed by atoms with van der Waals surface area (Å²) in [6, 6.07) is 5.85. The van der Waals surface area contributed by atoms with Gasteiger partial charge in [0.1, 0.15) is 5.75 Å². The fourth-order valence-corrected chi connectivity index (χ4v) is 1.42. The van der Waals surface area contributed by atoms with Gasteiger partial charge in [-0.05, 0) is 31.2 Å². The van der Waals surface area contributed by atoms with Crippen LogP contribution in [0.15, 0.2) is 24.3 Å². The molecule has 0 aliphatic rings. The summed E-state index contributed by atoms with van der Waals surface area (Å²) in [4.78, 5) is 0. The van der Waals surface area contributed by atoms with Crippen LogP contribution in [0, 0.1) is 0 Å². The molecule has 0 radical (unpaired) electrons. The van der Waals surface area contributed by atoms with Crippen molar-refractivity contribution in [3.05, 3.63) is 24.3 Å².